The van der Waals surface area contributed by atoms with Crippen LogP contribution in [0.15, 0.2) is 35.6 Å². The number of ether oxygens (including phenoxy) is 3. The van der Waals surface area contributed by atoms with E-state index in [9.17, 15) is 0 Å². The molecule has 1 saturated heterocycles. The Labute approximate surface area is 194 Å². The number of hydrogen-bond donors (Lipinski definition) is 1. The Morgan fingerprint density at radius 1 is 1.00 bits per heavy atom. The number of aromatic nitrogens is 2. The summed E-state index contributed by atoms with van der Waals surface area (Å²) < 4.78 is 16.4. The fraction of sp³-hybridized carbons (Fsp3) is 0.450. The Kier molecular flexibility index (Phi) is 9.21. The Morgan fingerprint density at radius 2 is 1.60 bits per heavy atom. The van der Waals surface area contributed by atoms with E-state index < -0.39 is 0 Å². The summed E-state index contributed by atoms with van der Waals surface area (Å²) in [6, 6.07) is 5.52. The fourth-order valence-electron chi connectivity index (χ4n) is 3.32. The number of aliphatic imine (C=N–C) groups is 1. The average Bonchev–Trinajstić information content (AvgIpc) is 2.80. The SMILES string of the molecule is CN=C(NCc1c(OC)cc(OC)cc1OC)N1CCN(c2ncccn2)CC1.I. The number of nitrogens with one attached hydrogen (secondary N) is 1. The average molecular weight is 528 g/mol. The lowest BCUT2D eigenvalue weighted by atomic mass is 10.1. The molecule has 0 saturated carbocycles. The highest BCUT2D eigenvalue weighted by Gasteiger charge is 2.22. The van der Waals surface area contributed by atoms with E-state index in [4.69, 9.17) is 14.2 Å². The summed E-state index contributed by atoms with van der Waals surface area (Å²) in [6.45, 7) is 3.84. The van der Waals surface area contributed by atoms with Crippen molar-refractivity contribution in [3.8, 4) is 17.2 Å². The predicted octanol–water partition coefficient (Wildman–Crippen LogP) is 2.02. The van der Waals surface area contributed by atoms with E-state index in [1.54, 1.807) is 40.8 Å². The van der Waals surface area contributed by atoms with Gasteiger partial charge in [-0.2, -0.15) is 0 Å². The van der Waals surface area contributed by atoms with E-state index in [1.165, 1.54) is 0 Å². The van der Waals surface area contributed by atoms with Crippen LogP contribution in [-0.4, -0.2) is 75.4 Å². The van der Waals surface area contributed by atoms with Crippen LogP contribution in [0.25, 0.3) is 0 Å². The molecule has 1 aromatic carbocycles. The number of anilines is 1. The second kappa shape index (κ2) is 11.6. The van der Waals surface area contributed by atoms with E-state index in [-0.39, 0.29) is 24.0 Å². The minimum Gasteiger partial charge on any atom is -0.496 e. The van der Waals surface area contributed by atoms with Crippen LogP contribution in [0.2, 0.25) is 0 Å². The number of guanidine groups is 1. The lowest BCUT2D eigenvalue weighted by molar-refractivity contribution is 0.361. The highest BCUT2D eigenvalue weighted by Crippen LogP contribution is 2.33. The smallest absolute Gasteiger partial charge is 0.225 e. The van der Waals surface area contributed by atoms with E-state index in [2.05, 4.69) is 30.1 Å². The predicted molar refractivity (Wildman–Crippen MR) is 128 cm³/mol. The maximum absolute atomic E-state index is 5.53. The zero-order valence-electron chi connectivity index (χ0n) is 17.8. The first-order chi connectivity index (χ1) is 14.2. The van der Waals surface area contributed by atoms with Gasteiger partial charge in [-0.15, -0.1) is 24.0 Å². The van der Waals surface area contributed by atoms with Crippen LogP contribution < -0.4 is 24.4 Å². The molecule has 2 aromatic rings. The third-order valence-corrected chi connectivity index (χ3v) is 4.87. The van der Waals surface area contributed by atoms with E-state index in [1.807, 2.05) is 18.2 Å². The van der Waals surface area contributed by atoms with Gasteiger partial charge < -0.3 is 29.3 Å². The van der Waals surface area contributed by atoms with Crippen molar-refractivity contribution in [2.75, 3.05) is 59.5 Å². The minimum atomic E-state index is 0. The summed E-state index contributed by atoms with van der Waals surface area (Å²) in [5, 5.41) is 3.42. The number of benzene rings is 1. The summed E-state index contributed by atoms with van der Waals surface area (Å²) >= 11 is 0. The van der Waals surface area contributed by atoms with Gasteiger partial charge in [-0.05, 0) is 6.07 Å². The molecule has 9 nitrogen and oxygen atoms in total. The van der Waals surface area contributed by atoms with Crippen LogP contribution in [0.3, 0.4) is 0 Å². The summed E-state index contributed by atoms with van der Waals surface area (Å²) in [5.41, 5.74) is 0.910. The molecular formula is C20H29IN6O3. The van der Waals surface area contributed by atoms with Crippen molar-refractivity contribution in [3.63, 3.8) is 0 Å². The molecule has 30 heavy (non-hydrogen) atoms. The van der Waals surface area contributed by atoms with Crippen molar-refractivity contribution in [1.82, 2.24) is 20.2 Å². The minimum absolute atomic E-state index is 0. The van der Waals surface area contributed by atoms with Gasteiger partial charge in [-0.3, -0.25) is 4.99 Å². The third-order valence-electron chi connectivity index (χ3n) is 4.87. The first-order valence-corrected chi connectivity index (χ1v) is 9.46. The summed E-state index contributed by atoms with van der Waals surface area (Å²) in [7, 11) is 6.68. The van der Waals surface area contributed by atoms with E-state index >= 15 is 0 Å². The van der Waals surface area contributed by atoms with E-state index in [0.717, 1.165) is 43.7 Å². The molecule has 1 aliphatic heterocycles. The molecule has 0 bridgehead atoms. The molecule has 0 amide bonds. The molecule has 10 heteroatoms. The molecule has 0 aliphatic carbocycles. The number of rotatable bonds is 6. The van der Waals surface area contributed by atoms with Crippen LogP contribution in [0.4, 0.5) is 5.95 Å². The molecule has 0 spiro atoms. The Hall–Kier alpha value is -2.50. The largest absolute Gasteiger partial charge is 0.496 e. The first-order valence-electron chi connectivity index (χ1n) is 9.46. The van der Waals surface area contributed by atoms with Gasteiger partial charge >= 0.3 is 0 Å². The summed E-state index contributed by atoms with van der Waals surface area (Å²) in [5.74, 6) is 3.69. The zero-order chi connectivity index (χ0) is 20.6. The van der Waals surface area contributed by atoms with E-state index in [0.29, 0.717) is 23.8 Å². The van der Waals surface area contributed by atoms with Crippen LogP contribution in [0, 0.1) is 0 Å². The number of hydrogen-bond acceptors (Lipinski definition) is 7. The Balaban J connectivity index is 0.00000320. The summed E-state index contributed by atoms with van der Waals surface area (Å²) in [6.07, 6.45) is 3.54. The number of halogens is 1. The number of methoxy groups -OCH3 is 3. The molecule has 1 aromatic heterocycles. The fourth-order valence-corrected chi connectivity index (χ4v) is 3.32. The van der Waals surface area contributed by atoms with Crippen molar-refractivity contribution in [1.29, 1.82) is 0 Å². The molecule has 1 N–H and O–H groups in total. The second-order valence-corrected chi connectivity index (χ2v) is 6.43. The monoisotopic (exact) mass is 528 g/mol. The molecule has 0 unspecified atom stereocenters. The number of nitrogens with zero attached hydrogens (tertiary/aromatic N) is 5. The topological polar surface area (TPSA) is 84.3 Å². The van der Waals surface area contributed by atoms with Gasteiger partial charge in [-0.25, -0.2) is 9.97 Å². The molecule has 1 aliphatic rings. The summed E-state index contributed by atoms with van der Waals surface area (Å²) in [4.78, 5) is 17.5. The van der Waals surface area contributed by atoms with Gasteiger partial charge in [-0.1, -0.05) is 0 Å². The van der Waals surface area contributed by atoms with Crippen LogP contribution in [-0.2, 0) is 6.54 Å². The van der Waals surface area contributed by atoms with Crippen LogP contribution in [0.5, 0.6) is 17.2 Å². The maximum atomic E-state index is 5.53. The van der Waals surface area contributed by atoms with Crippen molar-refractivity contribution in [2.24, 2.45) is 4.99 Å². The van der Waals surface area contributed by atoms with Crippen LogP contribution in [0.1, 0.15) is 5.56 Å². The quantitative estimate of drug-likeness (QED) is 0.347. The van der Waals surface area contributed by atoms with Crippen LogP contribution >= 0.6 is 24.0 Å². The van der Waals surface area contributed by atoms with Crippen molar-refractivity contribution in [2.45, 2.75) is 6.54 Å². The lowest BCUT2D eigenvalue weighted by Gasteiger charge is -2.36. The maximum Gasteiger partial charge on any atom is 0.225 e. The second-order valence-electron chi connectivity index (χ2n) is 6.43. The normalized spacial score (nSPS) is 14.1. The number of piperazine rings is 1. The van der Waals surface area contributed by atoms with Gasteiger partial charge in [0.25, 0.3) is 0 Å². The molecular weight excluding hydrogens is 499 g/mol. The molecule has 2 heterocycles. The molecule has 164 valence electrons. The molecule has 1 fully saturated rings. The van der Waals surface area contributed by atoms with Gasteiger partial charge in [0.2, 0.25) is 5.95 Å². The standard InChI is InChI=1S/C20H28N6O3.HI/c1-21-19(25-8-10-26(11-9-25)20-22-6-5-7-23-20)24-14-16-17(28-3)12-15(27-2)13-18(16)29-4;/h5-7,12-13H,8-11,14H2,1-4H3,(H,21,24);1H. The zero-order valence-corrected chi connectivity index (χ0v) is 20.1. The van der Waals surface area contributed by atoms with Crippen molar-refractivity contribution >= 4 is 35.9 Å². The van der Waals surface area contributed by atoms with Crippen molar-refractivity contribution in [3.05, 3.63) is 36.2 Å². The highest BCUT2D eigenvalue weighted by molar-refractivity contribution is 14.0. The third kappa shape index (κ3) is 5.55. The van der Waals surface area contributed by atoms with Gasteiger partial charge in [0.1, 0.15) is 17.2 Å². The van der Waals surface area contributed by atoms with Gasteiger partial charge in [0.15, 0.2) is 5.96 Å². The Morgan fingerprint density at radius 3 is 2.10 bits per heavy atom. The van der Waals surface area contributed by atoms with Gasteiger partial charge in [0, 0.05) is 57.8 Å². The van der Waals surface area contributed by atoms with Gasteiger partial charge in [0.05, 0.1) is 33.4 Å². The lowest BCUT2D eigenvalue weighted by Crippen LogP contribution is -2.52. The highest BCUT2D eigenvalue weighted by atomic mass is 127. The Bertz CT molecular complexity index is 804. The molecule has 0 radical (unpaired) electrons. The molecule has 0 atom stereocenters. The molecule has 3 rings (SSSR count). The van der Waals surface area contributed by atoms with Crippen molar-refractivity contribution < 1.29 is 14.2 Å². The first kappa shape index (κ1) is 23.8.